The average molecular weight is 498 g/mol. The van der Waals surface area contributed by atoms with Gasteiger partial charge in [0.05, 0.1) is 45.0 Å². The summed E-state index contributed by atoms with van der Waals surface area (Å²) in [4.78, 5) is 27.8. The molecular weight excluding hydrogens is 466 g/mol. The summed E-state index contributed by atoms with van der Waals surface area (Å²) in [5.41, 5.74) is -0.761. The number of nitrogens with one attached hydrogen (secondary N) is 2. The summed E-state index contributed by atoms with van der Waals surface area (Å²) in [6.07, 6.45) is -1.18. The molecule has 192 valence electrons. The zero-order chi connectivity index (χ0) is 25.5. The van der Waals surface area contributed by atoms with Crippen LogP contribution in [0.2, 0.25) is 0 Å². The van der Waals surface area contributed by atoms with E-state index < -0.39 is 23.7 Å². The number of hydrogen-bond donors (Lipinski definition) is 2. The third-order valence-corrected chi connectivity index (χ3v) is 7.00. The third kappa shape index (κ3) is 4.09. The van der Waals surface area contributed by atoms with E-state index in [9.17, 15) is 9.59 Å². The van der Waals surface area contributed by atoms with Gasteiger partial charge in [-0.15, -0.1) is 0 Å². The van der Waals surface area contributed by atoms with Gasteiger partial charge in [-0.2, -0.15) is 0 Å². The second-order valence-corrected chi connectivity index (χ2v) is 9.57. The van der Waals surface area contributed by atoms with E-state index in [1.54, 1.807) is 36.4 Å². The van der Waals surface area contributed by atoms with Gasteiger partial charge >= 0.3 is 0 Å². The standard InChI is InChI=1S/C26H31N3O7/c1-25(14-27-21(30)16-9-5-7-11-18(16)32-3)23-29-20(13-34-23)35-26(2,24(29)36-25)15-28-22(31)17-10-6-8-12-19(17)33-4/h5-12,20,23-24H,13-15H2,1-4H3,(H,27,30)(H,28,31)/t20-,23-,24-,25+,26+/m0/s1. The van der Waals surface area contributed by atoms with Crippen molar-refractivity contribution < 1.29 is 33.3 Å². The van der Waals surface area contributed by atoms with Gasteiger partial charge in [0.25, 0.3) is 11.8 Å². The molecule has 5 rings (SSSR count). The van der Waals surface area contributed by atoms with Gasteiger partial charge in [-0.05, 0) is 38.1 Å². The van der Waals surface area contributed by atoms with Crippen LogP contribution in [0.3, 0.4) is 0 Å². The number of carbonyl (C=O) groups excluding carboxylic acids is 2. The largest absolute Gasteiger partial charge is 0.496 e. The molecule has 3 saturated heterocycles. The van der Waals surface area contributed by atoms with E-state index in [1.165, 1.54) is 14.2 Å². The molecule has 2 amide bonds. The maximum absolute atomic E-state index is 12.9. The molecular formula is C26H31N3O7. The molecule has 0 aliphatic carbocycles. The van der Waals surface area contributed by atoms with Crippen molar-refractivity contribution in [3.8, 4) is 11.5 Å². The molecule has 10 nitrogen and oxygen atoms in total. The van der Waals surface area contributed by atoms with Crippen molar-refractivity contribution >= 4 is 11.8 Å². The van der Waals surface area contributed by atoms with Gasteiger partial charge in [-0.1, -0.05) is 24.3 Å². The number of hydrogen-bond acceptors (Lipinski definition) is 8. The summed E-state index contributed by atoms with van der Waals surface area (Å²) in [7, 11) is 3.06. The molecule has 10 heteroatoms. The number of carbonyl (C=O) groups is 2. The highest BCUT2D eigenvalue weighted by atomic mass is 16.7. The molecule has 0 spiro atoms. The molecule has 3 aliphatic rings. The van der Waals surface area contributed by atoms with Crippen molar-refractivity contribution in [3.63, 3.8) is 0 Å². The molecule has 0 bridgehead atoms. The minimum Gasteiger partial charge on any atom is -0.496 e. The quantitative estimate of drug-likeness (QED) is 0.568. The van der Waals surface area contributed by atoms with Crippen LogP contribution in [0.15, 0.2) is 48.5 Å². The van der Waals surface area contributed by atoms with Crippen LogP contribution in [-0.4, -0.2) is 80.5 Å². The van der Waals surface area contributed by atoms with Crippen LogP contribution in [0.5, 0.6) is 11.5 Å². The van der Waals surface area contributed by atoms with E-state index in [2.05, 4.69) is 10.6 Å². The van der Waals surface area contributed by atoms with Crippen LogP contribution in [0.1, 0.15) is 34.6 Å². The molecule has 3 aliphatic heterocycles. The van der Waals surface area contributed by atoms with E-state index in [0.29, 0.717) is 29.2 Å². The van der Waals surface area contributed by atoms with Gasteiger partial charge in [-0.3, -0.25) is 9.59 Å². The van der Waals surface area contributed by atoms with E-state index in [0.717, 1.165) is 0 Å². The minimum absolute atomic E-state index is 0.220. The number of amides is 2. The predicted octanol–water partition coefficient (Wildman–Crippen LogP) is 1.75. The first-order chi connectivity index (χ1) is 17.3. The Morgan fingerprint density at radius 1 is 0.861 bits per heavy atom. The minimum atomic E-state index is -0.825. The first kappa shape index (κ1) is 24.5. The van der Waals surface area contributed by atoms with Crippen molar-refractivity contribution in [2.75, 3.05) is 33.9 Å². The van der Waals surface area contributed by atoms with Crippen molar-refractivity contribution in [2.24, 2.45) is 0 Å². The smallest absolute Gasteiger partial charge is 0.255 e. The number of methoxy groups -OCH3 is 2. The molecule has 0 radical (unpaired) electrons. The van der Waals surface area contributed by atoms with Crippen LogP contribution in [0.25, 0.3) is 0 Å². The van der Waals surface area contributed by atoms with E-state index >= 15 is 0 Å². The topological polar surface area (TPSA) is 108 Å². The fourth-order valence-corrected chi connectivity index (χ4v) is 5.16. The number of nitrogens with zero attached hydrogens (tertiary/aromatic N) is 1. The van der Waals surface area contributed by atoms with Crippen molar-refractivity contribution in [2.45, 2.75) is 43.7 Å². The summed E-state index contributed by atoms with van der Waals surface area (Å²) in [6, 6.07) is 14.1. The van der Waals surface area contributed by atoms with Gasteiger partial charge in [0, 0.05) is 0 Å². The van der Waals surface area contributed by atoms with Crippen LogP contribution in [0, 0.1) is 0 Å². The molecule has 36 heavy (non-hydrogen) atoms. The highest BCUT2D eigenvalue weighted by molar-refractivity contribution is 5.97. The van der Waals surface area contributed by atoms with Gasteiger partial charge < -0.3 is 34.3 Å². The van der Waals surface area contributed by atoms with Crippen molar-refractivity contribution in [3.05, 3.63) is 59.7 Å². The second kappa shape index (κ2) is 9.36. The SMILES string of the molecule is COc1ccccc1C(=O)NC[C@@]1(C)O[C@H]2CO[C@@H]3N2[C@H]1O[C@]3(C)CNC(=O)c1ccccc1OC. The fourth-order valence-electron chi connectivity index (χ4n) is 5.16. The summed E-state index contributed by atoms with van der Waals surface area (Å²) >= 11 is 0. The molecule has 2 N–H and O–H groups in total. The average Bonchev–Trinajstić information content (AvgIpc) is 3.53. The summed E-state index contributed by atoms with van der Waals surface area (Å²) in [6.45, 7) is 4.63. The van der Waals surface area contributed by atoms with E-state index in [1.807, 2.05) is 30.9 Å². The lowest BCUT2D eigenvalue weighted by Crippen LogP contribution is -2.51. The van der Waals surface area contributed by atoms with Crippen LogP contribution < -0.4 is 20.1 Å². The highest BCUT2D eigenvalue weighted by Gasteiger charge is 2.67. The molecule has 0 saturated carbocycles. The first-order valence-corrected chi connectivity index (χ1v) is 11.9. The van der Waals surface area contributed by atoms with Gasteiger partial charge in [-0.25, -0.2) is 4.90 Å². The van der Waals surface area contributed by atoms with E-state index in [-0.39, 0.29) is 31.1 Å². The zero-order valence-corrected chi connectivity index (χ0v) is 20.8. The maximum atomic E-state index is 12.9. The van der Waals surface area contributed by atoms with Gasteiger partial charge in [0.2, 0.25) is 0 Å². The first-order valence-electron chi connectivity index (χ1n) is 11.9. The Labute approximate surface area is 209 Å². The predicted molar refractivity (Wildman–Crippen MR) is 129 cm³/mol. The van der Waals surface area contributed by atoms with Crippen molar-refractivity contribution in [1.29, 1.82) is 0 Å². The van der Waals surface area contributed by atoms with Gasteiger partial charge in [0.1, 0.15) is 41.4 Å². The molecule has 2 aromatic rings. The number of benzene rings is 2. The number of rotatable bonds is 8. The lowest BCUT2D eigenvalue weighted by molar-refractivity contribution is -0.126. The summed E-state index contributed by atoms with van der Waals surface area (Å²) in [5.74, 6) is 0.470. The molecule has 5 atom stereocenters. The Kier molecular flexibility index (Phi) is 6.37. The monoisotopic (exact) mass is 497 g/mol. The Balaban J connectivity index is 1.27. The summed E-state index contributed by atoms with van der Waals surface area (Å²) < 4.78 is 29.4. The maximum Gasteiger partial charge on any atom is 0.255 e. The fraction of sp³-hybridized carbons (Fsp3) is 0.462. The van der Waals surface area contributed by atoms with Crippen LogP contribution >= 0.6 is 0 Å². The molecule has 3 fully saturated rings. The lowest BCUT2D eigenvalue weighted by atomic mass is 10.0. The highest BCUT2D eigenvalue weighted by Crippen LogP contribution is 2.48. The summed E-state index contributed by atoms with van der Waals surface area (Å²) in [5, 5.41) is 5.93. The Hall–Kier alpha value is -3.18. The van der Waals surface area contributed by atoms with Gasteiger partial charge in [0.15, 0.2) is 0 Å². The molecule has 3 heterocycles. The number of para-hydroxylation sites is 2. The Morgan fingerprint density at radius 3 is 1.89 bits per heavy atom. The third-order valence-electron chi connectivity index (χ3n) is 7.00. The molecule has 2 aromatic carbocycles. The molecule has 0 aromatic heterocycles. The normalized spacial score (nSPS) is 30.6. The molecule has 0 unspecified atom stereocenters. The van der Waals surface area contributed by atoms with Crippen LogP contribution in [0.4, 0.5) is 0 Å². The van der Waals surface area contributed by atoms with Crippen molar-refractivity contribution in [1.82, 2.24) is 15.5 Å². The van der Waals surface area contributed by atoms with Crippen LogP contribution in [-0.2, 0) is 14.2 Å². The Bertz CT molecular complexity index is 1100. The number of ether oxygens (including phenoxy) is 5. The van der Waals surface area contributed by atoms with E-state index in [4.69, 9.17) is 23.7 Å². The Morgan fingerprint density at radius 2 is 1.36 bits per heavy atom. The second-order valence-electron chi connectivity index (χ2n) is 9.57. The lowest BCUT2D eigenvalue weighted by Gasteiger charge is -2.32. The zero-order valence-electron chi connectivity index (χ0n) is 20.8.